The van der Waals surface area contributed by atoms with Crippen LogP contribution in [0.2, 0.25) is 0 Å². The lowest BCUT2D eigenvalue weighted by Crippen LogP contribution is -2.10. The summed E-state index contributed by atoms with van der Waals surface area (Å²) in [4.78, 5) is 0. The van der Waals surface area contributed by atoms with Crippen molar-refractivity contribution in [3.05, 3.63) is 35.6 Å². The first-order chi connectivity index (χ1) is 8.20. The average molecular weight is 239 g/mol. The zero-order chi connectivity index (χ0) is 12.9. The molecule has 2 N–H and O–H groups in total. The van der Waals surface area contributed by atoms with Crippen LogP contribution in [0.4, 0.5) is 0 Å². The van der Waals surface area contributed by atoms with E-state index in [4.69, 9.17) is 15.2 Å². The van der Waals surface area contributed by atoms with Gasteiger partial charge in [-0.25, -0.2) is 0 Å². The van der Waals surface area contributed by atoms with Crippen LogP contribution in [0.15, 0.2) is 35.6 Å². The van der Waals surface area contributed by atoms with Gasteiger partial charge < -0.3 is 15.2 Å². The summed E-state index contributed by atoms with van der Waals surface area (Å²) in [5, 5.41) is 0. The average Bonchev–Trinajstić information content (AvgIpc) is 2.30. The van der Waals surface area contributed by atoms with Crippen molar-refractivity contribution in [1.82, 2.24) is 0 Å². The molecule has 0 saturated heterocycles. The van der Waals surface area contributed by atoms with Crippen molar-refractivity contribution in [3.8, 4) is 0 Å². The second-order valence-electron chi connectivity index (χ2n) is 3.92. The highest BCUT2D eigenvalue weighted by molar-refractivity contribution is 5.19. The molecular formula is C14H25NO2. The molecule has 0 aromatic carbocycles. The van der Waals surface area contributed by atoms with Crippen LogP contribution in [0.25, 0.3) is 0 Å². The standard InChI is InChI=1S/C14H25NO2/c1-4-6-14(8-7-13(2)3)17-11-5-10-16-12-9-15/h4,6-8H,5,9-12,15H2,1-3H3/b6-4+,14-8+. The highest BCUT2D eigenvalue weighted by atomic mass is 16.5. The minimum atomic E-state index is 0.575. The highest BCUT2D eigenvalue weighted by Gasteiger charge is 1.93. The van der Waals surface area contributed by atoms with Gasteiger partial charge in [0.15, 0.2) is 0 Å². The van der Waals surface area contributed by atoms with Crippen LogP contribution in [0.5, 0.6) is 0 Å². The third-order valence-corrected chi connectivity index (χ3v) is 1.88. The summed E-state index contributed by atoms with van der Waals surface area (Å²) in [7, 11) is 0. The Morgan fingerprint density at radius 3 is 2.47 bits per heavy atom. The SMILES string of the molecule is C/C=C/C(=C\C=C(C)C)OCCCOCCN. The Balaban J connectivity index is 3.86. The molecule has 0 heterocycles. The van der Waals surface area contributed by atoms with Crippen LogP contribution in [0.3, 0.4) is 0 Å². The van der Waals surface area contributed by atoms with Gasteiger partial charge in [-0.1, -0.05) is 17.7 Å². The minimum Gasteiger partial charge on any atom is -0.494 e. The summed E-state index contributed by atoms with van der Waals surface area (Å²) in [6.45, 7) is 8.65. The number of hydrogen-bond acceptors (Lipinski definition) is 3. The predicted molar refractivity (Wildman–Crippen MR) is 72.8 cm³/mol. The summed E-state index contributed by atoms with van der Waals surface area (Å²) in [5.74, 6) is 0.882. The molecule has 0 rings (SSSR count). The predicted octanol–water partition coefficient (Wildman–Crippen LogP) is 2.79. The Morgan fingerprint density at radius 1 is 1.12 bits per heavy atom. The van der Waals surface area contributed by atoms with Gasteiger partial charge in [0.1, 0.15) is 5.76 Å². The topological polar surface area (TPSA) is 44.5 Å². The molecule has 0 spiro atoms. The smallest absolute Gasteiger partial charge is 0.118 e. The van der Waals surface area contributed by atoms with Crippen molar-refractivity contribution in [2.24, 2.45) is 5.73 Å². The molecule has 17 heavy (non-hydrogen) atoms. The van der Waals surface area contributed by atoms with E-state index in [1.54, 1.807) is 0 Å². The quantitative estimate of drug-likeness (QED) is 0.382. The molecule has 0 atom stereocenters. The molecule has 0 amide bonds. The van der Waals surface area contributed by atoms with E-state index in [2.05, 4.69) is 13.8 Å². The summed E-state index contributed by atoms with van der Waals surface area (Å²) in [6, 6.07) is 0. The van der Waals surface area contributed by atoms with Gasteiger partial charge >= 0.3 is 0 Å². The molecule has 0 aliphatic rings. The van der Waals surface area contributed by atoms with Gasteiger partial charge in [0, 0.05) is 19.6 Å². The molecule has 0 radical (unpaired) electrons. The third-order valence-electron chi connectivity index (χ3n) is 1.88. The van der Waals surface area contributed by atoms with E-state index in [0.29, 0.717) is 26.4 Å². The van der Waals surface area contributed by atoms with E-state index in [1.165, 1.54) is 5.57 Å². The number of ether oxygens (including phenoxy) is 2. The molecule has 0 bridgehead atoms. The summed E-state index contributed by atoms with van der Waals surface area (Å²) in [5.41, 5.74) is 6.57. The maximum Gasteiger partial charge on any atom is 0.118 e. The van der Waals surface area contributed by atoms with E-state index < -0.39 is 0 Å². The van der Waals surface area contributed by atoms with E-state index >= 15 is 0 Å². The first-order valence-corrected chi connectivity index (χ1v) is 6.09. The molecular weight excluding hydrogens is 214 g/mol. The lowest BCUT2D eigenvalue weighted by molar-refractivity contribution is 0.114. The van der Waals surface area contributed by atoms with Crippen molar-refractivity contribution >= 4 is 0 Å². The maximum atomic E-state index is 5.63. The first kappa shape index (κ1) is 15.9. The number of nitrogens with two attached hydrogens (primary N) is 1. The zero-order valence-electron chi connectivity index (χ0n) is 11.2. The van der Waals surface area contributed by atoms with Gasteiger partial charge in [-0.05, 0) is 32.9 Å². The van der Waals surface area contributed by atoms with Gasteiger partial charge in [-0.3, -0.25) is 0 Å². The van der Waals surface area contributed by atoms with Crippen LogP contribution in [0, 0.1) is 0 Å². The number of rotatable bonds is 9. The van der Waals surface area contributed by atoms with Crippen molar-refractivity contribution in [2.75, 3.05) is 26.4 Å². The maximum absolute atomic E-state index is 5.63. The number of hydrogen-bond donors (Lipinski definition) is 1. The van der Waals surface area contributed by atoms with E-state index in [0.717, 1.165) is 12.2 Å². The van der Waals surface area contributed by atoms with Crippen molar-refractivity contribution in [1.29, 1.82) is 0 Å². The molecule has 0 saturated carbocycles. The second-order valence-corrected chi connectivity index (χ2v) is 3.92. The Hall–Kier alpha value is -1.06. The Morgan fingerprint density at radius 2 is 1.88 bits per heavy atom. The van der Waals surface area contributed by atoms with Crippen molar-refractivity contribution in [3.63, 3.8) is 0 Å². The molecule has 98 valence electrons. The fourth-order valence-corrected chi connectivity index (χ4v) is 1.10. The van der Waals surface area contributed by atoms with E-state index in [1.807, 2.05) is 31.2 Å². The molecule has 3 heteroatoms. The fraction of sp³-hybridized carbons (Fsp3) is 0.571. The molecule has 3 nitrogen and oxygen atoms in total. The van der Waals surface area contributed by atoms with Gasteiger partial charge in [0.05, 0.1) is 13.2 Å². The molecule has 0 aromatic rings. The van der Waals surface area contributed by atoms with Crippen LogP contribution < -0.4 is 5.73 Å². The molecule has 0 aromatic heterocycles. The molecule has 0 fully saturated rings. The van der Waals surface area contributed by atoms with Crippen molar-refractivity contribution < 1.29 is 9.47 Å². The fourth-order valence-electron chi connectivity index (χ4n) is 1.10. The summed E-state index contributed by atoms with van der Waals surface area (Å²) < 4.78 is 10.9. The zero-order valence-corrected chi connectivity index (χ0v) is 11.2. The van der Waals surface area contributed by atoms with E-state index in [9.17, 15) is 0 Å². The normalized spacial score (nSPS) is 11.9. The van der Waals surface area contributed by atoms with Gasteiger partial charge in [-0.15, -0.1) is 0 Å². The van der Waals surface area contributed by atoms with Gasteiger partial charge in [0.25, 0.3) is 0 Å². The van der Waals surface area contributed by atoms with E-state index in [-0.39, 0.29) is 0 Å². The first-order valence-electron chi connectivity index (χ1n) is 6.09. The van der Waals surface area contributed by atoms with Crippen LogP contribution >= 0.6 is 0 Å². The Labute approximate surface area is 105 Å². The molecule has 0 aliphatic heterocycles. The third kappa shape index (κ3) is 11.2. The Bertz CT molecular complexity index is 263. The largest absolute Gasteiger partial charge is 0.494 e. The number of allylic oxidation sites excluding steroid dienone is 5. The van der Waals surface area contributed by atoms with Gasteiger partial charge in [0.2, 0.25) is 0 Å². The highest BCUT2D eigenvalue weighted by Crippen LogP contribution is 2.03. The Kier molecular flexibility index (Phi) is 10.7. The van der Waals surface area contributed by atoms with Crippen LogP contribution in [0.1, 0.15) is 27.2 Å². The lowest BCUT2D eigenvalue weighted by atomic mass is 10.3. The monoisotopic (exact) mass is 239 g/mol. The lowest BCUT2D eigenvalue weighted by Gasteiger charge is -2.07. The molecule has 0 unspecified atom stereocenters. The van der Waals surface area contributed by atoms with Gasteiger partial charge in [-0.2, -0.15) is 0 Å². The van der Waals surface area contributed by atoms with Crippen LogP contribution in [-0.2, 0) is 9.47 Å². The summed E-state index contributed by atoms with van der Waals surface area (Å²) in [6.07, 6.45) is 8.83. The summed E-state index contributed by atoms with van der Waals surface area (Å²) >= 11 is 0. The van der Waals surface area contributed by atoms with Crippen molar-refractivity contribution in [2.45, 2.75) is 27.2 Å². The van der Waals surface area contributed by atoms with Crippen LogP contribution in [-0.4, -0.2) is 26.4 Å². The minimum absolute atomic E-state index is 0.575. The second kappa shape index (κ2) is 11.4. The molecule has 0 aliphatic carbocycles.